The number of nitrogens with two attached hydrogens (primary N) is 1. The van der Waals surface area contributed by atoms with Gasteiger partial charge >= 0.3 is 5.97 Å². The van der Waals surface area contributed by atoms with Crippen molar-refractivity contribution in [1.29, 1.82) is 0 Å². The topological polar surface area (TPSA) is 72.5 Å². The molecule has 16 heavy (non-hydrogen) atoms. The zero-order valence-electron chi connectivity index (χ0n) is 9.14. The van der Waals surface area contributed by atoms with E-state index in [0.717, 1.165) is 11.3 Å². The molecule has 1 aromatic carbocycles. The average molecular weight is 221 g/mol. The van der Waals surface area contributed by atoms with Crippen molar-refractivity contribution in [3.63, 3.8) is 0 Å². The molecule has 2 atom stereocenters. The summed E-state index contributed by atoms with van der Waals surface area (Å²) in [5.41, 5.74) is 7.19. The molecule has 0 aliphatic carbocycles. The Morgan fingerprint density at radius 2 is 2.38 bits per heavy atom. The smallest absolute Gasteiger partial charge is 0.310 e. The summed E-state index contributed by atoms with van der Waals surface area (Å²) in [6.45, 7) is 1.93. The van der Waals surface area contributed by atoms with Gasteiger partial charge in [0.05, 0.1) is 5.92 Å². The molecule has 0 fully saturated rings. The minimum Gasteiger partial charge on any atom is -0.489 e. The van der Waals surface area contributed by atoms with Gasteiger partial charge in [0, 0.05) is 5.69 Å². The number of aliphatic carboxylic acids is 1. The lowest BCUT2D eigenvalue weighted by Gasteiger charge is -2.30. The molecule has 0 amide bonds. The Kier molecular flexibility index (Phi) is 2.73. The molecule has 0 spiro atoms. The zero-order valence-corrected chi connectivity index (χ0v) is 9.14. The molecule has 0 aromatic heterocycles. The maximum atomic E-state index is 11.1. The van der Waals surface area contributed by atoms with E-state index < -0.39 is 11.9 Å². The minimum absolute atomic E-state index is 0.242. The number of rotatable bonds is 2. The Hall–Kier alpha value is -1.71. The lowest BCUT2D eigenvalue weighted by atomic mass is 9.89. The number of hydrogen-bond acceptors (Lipinski definition) is 3. The van der Waals surface area contributed by atoms with Crippen molar-refractivity contribution < 1.29 is 14.6 Å². The SMILES string of the molecule is CCC1Oc2ccc(N)cc2CC1C(=O)O. The highest BCUT2D eigenvalue weighted by Crippen LogP contribution is 2.33. The summed E-state index contributed by atoms with van der Waals surface area (Å²) >= 11 is 0. The molecule has 1 aromatic rings. The maximum Gasteiger partial charge on any atom is 0.310 e. The van der Waals surface area contributed by atoms with Crippen molar-refractivity contribution in [2.75, 3.05) is 5.73 Å². The van der Waals surface area contributed by atoms with Crippen molar-refractivity contribution in [3.05, 3.63) is 23.8 Å². The normalized spacial score (nSPS) is 23.3. The van der Waals surface area contributed by atoms with Crippen LogP contribution in [0.5, 0.6) is 5.75 Å². The molecule has 1 heterocycles. The third kappa shape index (κ3) is 1.83. The van der Waals surface area contributed by atoms with Crippen LogP contribution in [0.4, 0.5) is 5.69 Å². The lowest BCUT2D eigenvalue weighted by Crippen LogP contribution is -2.37. The van der Waals surface area contributed by atoms with Gasteiger partial charge in [0.25, 0.3) is 0 Å². The second-order valence-electron chi connectivity index (χ2n) is 4.08. The van der Waals surface area contributed by atoms with E-state index in [1.807, 2.05) is 13.0 Å². The second kappa shape index (κ2) is 4.04. The highest BCUT2D eigenvalue weighted by Gasteiger charge is 2.33. The first kappa shape index (κ1) is 10.8. The third-order valence-electron chi connectivity index (χ3n) is 2.97. The number of carboxylic acid groups (broad SMARTS) is 1. The summed E-state index contributed by atoms with van der Waals surface area (Å²) in [4.78, 5) is 11.1. The van der Waals surface area contributed by atoms with Crippen LogP contribution in [0.25, 0.3) is 0 Å². The van der Waals surface area contributed by atoms with Crippen LogP contribution in [-0.2, 0) is 11.2 Å². The van der Waals surface area contributed by atoms with Crippen molar-refractivity contribution in [2.24, 2.45) is 5.92 Å². The zero-order chi connectivity index (χ0) is 11.7. The lowest BCUT2D eigenvalue weighted by molar-refractivity contribution is -0.145. The summed E-state index contributed by atoms with van der Waals surface area (Å²) in [6, 6.07) is 5.37. The number of fused-ring (bicyclic) bond motifs is 1. The number of carbonyl (C=O) groups is 1. The van der Waals surface area contributed by atoms with E-state index in [9.17, 15) is 4.79 Å². The van der Waals surface area contributed by atoms with Crippen molar-refractivity contribution in [2.45, 2.75) is 25.9 Å². The molecule has 0 saturated heterocycles. The first-order valence-corrected chi connectivity index (χ1v) is 5.39. The Bertz CT molecular complexity index is 417. The largest absolute Gasteiger partial charge is 0.489 e. The van der Waals surface area contributed by atoms with Crippen LogP contribution in [0.15, 0.2) is 18.2 Å². The fourth-order valence-electron chi connectivity index (χ4n) is 2.10. The molecule has 0 radical (unpaired) electrons. The van der Waals surface area contributed by atoms with E-state index in [2.05, 4.69) is 0 Å². The second-order valence-corrected chi connectivity index (χ2v) is 4.08. The predicted octanol–water partition coefficient (Wildman–Crippen LogP) is 1.68. The Morgan fingerprint density at radius 3 is 3.00 bits per heavy atom. The predicted molar refractivity (Wildman–Crippen MR) is 60.4 cm³/mol. The van der Waals surface area contributed by atoms with Crippen LogP contribution in [0.1, 0.15) is 18.9 Å². The first-order valence-electron chi connectivity index (χ1n) is 5.39. The molecule has 1 aliphatic rings. The van der Waals surface area contributed by atoms with E-state index in [0.29, 0.717) is 18.5 Å². The summed E-state index contributed by atoms with van der Waals surface area (Å²) in [5, 5.41) is 9.12. The summed E-state index contributed by atoms with van der Waals surface area (Å²) < 4.78 is 5.67. The fraction of sp³-hybridized carbons (Fsp3) is 0.417. The molecule has 2 rings (SSSR count). The van der Waals surface area contributed by atoms with Gasteiger partial charge in [0.1, 0.15) is 11.9 Å². The molecule has 2 unspecified atom stereocenters. The van der Waals surface area contributed by atoms with Crippen LogP contribution in [0, 0.1) is 5.92 Å². The van der Waals surface area contributed by atoms with Crippen molar-refractivity contribution in [3.8, 4) is 5.75 Å². The number of anilines is 1. The van der Waals surface area contributed by atoms with E-state index in [1.165, 1.54) is 0 Å². The van der Waals surface area contributed by atoms with Gasteiger partial charge in [-0.05, 0) is 36.6 Å². The average Bonchev–Trinajstić information content (AvgIpc) is 2.27. The summed E-state index contributed by atoms with van der Waals surface area (Å²) in [7, 11) is 0. The van der Waals surface area contributed by atoms with Crippen molar-refractivity contribution in [1.82, 2.24) is 0 Å². The van der Waals surface area contributed by atoms with Gasteiger partial charge in [-0.2, -0.15) is 0 Å². The van der Waals surface area contributed by atoms with Crippen LogP contribution in [0.2, 0.25) is 0 Å². The monoisotopic (exact) mass is 221 g/mol. The highest BCUT2D eigenvalue weighted by atomic mass is 16.5. The maximum absolute atomic E-state index is 11.1. The van der Waals surface area contributed by atoms with E-state index >= 15 is 0 Å². The Morgan fingerprint density at radius 1 is 1.62 bits per heavy atom. The van der Waals surface area contributed by atoms with Gasteiger partial charge in [0.15, 0.2) is 0 Å². The number of ether oxygens (including phenoxy) is 1. The van der Waals surface area contributed by atoms with E-state index in [1.54, 1.807) is 12.1 Å². The van der Waals surface area contributed by atoms with E-state index in [-0.39, 0.29) is 6.10 Å². The molecular formula is C12H15NO3. The quantitative estimate of drug-likeness (QED) is 0.745. The van der Waals surface area contributed by atoms with E-state index in [4.69, 9.17) is 15.6 Å². The molecule has 4 nitrogen and oxygen atoms in total. The minimum atomic E-state index is -0.806. The van der Waals surface area contributed by atoms with Gasteiger partial charge in [-0.25, -0.2) is 0 Å². The Labute approximate surface area is 94.0 Å². The van der Waals surface area contributed by atoms with Gasteiger partial charge in [-0.15, -0.1) is 0 Å². The summed E-state index contributed by atoms with van der Waals surface area (Å²) in [5.74, 6) is -0.516. The highest BCUT2D eigenvalue weighted by molar-refractivity contribution is 5.72. The summed E-state index contributed by atoms with van der Waals surface area (Å²) in [6.07, 6.45) is 0.947. The molecule has 1 aliphatic heterocycles. The molecule has 3 N–H and O–H groups in total. The van der Waals surface area contributed by atoms with Gasteiger partial charge in [0.2, 0.25) is 0 Å². The van der Waals surface area contributed by atoms with Crippen LogP contribution in [-0.4, -0.2) is 17.2 Å². The van der Waals surface area contributed by atoms with Gasteiger partial charge < -0.3 is 15.6 Å². The fourth-order valence-corrected chi connectivity index (χ4v) is 2.10. The standard InChI is InChI=1S/C12H15NO3/c1-2-10-9(12(14)15)6-7-5-8(13)3-4-11(7)16-10/h3-5,9-10H,2,6,13H2,1H3,(H,14,15). The number of benzene rings is 1. The van der Waals surface area contributed by atoms with Gasteiger partial charge in [-0.3, -0.25) is 4.79 Å². The van der Waals surface area contributed by atoms with Crippen LogP contribution >= 0.6 is 0 Å². The van der Waals surface area contributed by atoms with Crippen LogP contribution in [0.3, 0.4) is 0 Å². The molecule has 4 heteroatoms. The van der Waals surface area contributed by atoms with Crippen molar-refractivity contribution >= 4 is 11.7 Å². The third-order valence-corrected chi connectivity index (χ3v) is 2.97. The number of carboxylic acids is 1. The van der Waals surface area contributed by atoms with Crippen LogP contribution < -0.4 is 10.5 Å². The number of nitrogen functional groups attached to an aromatic ring is 1. The molecule has 86 valence electrons. The number of hydrogen-bond donors (Lipinski definition) is 2. The molecule has 0 saturated carbocycles. The van der Waals surface area contributed by atoms with Gasteiger partial charge in [-0.1, -0.05) is 6.92 Å². The molecule has 0 bridgehead atoms. The Balaban J connectivity index is 2.34. The first-order chi connectivity index (χ1) is 7.61. The molecular weight excluding hydrogens is 206 g/mol.